The minimum Gasteiger partial charge on any atom is -0.493 e. The molecule has 0 atom stereocenters. The molecule has 9 nitrogen and oxygen atoms in total. The molecule has 3 aromatic rings. The molecule has 1 aromatic carbocycles. The highest BCUT2D eigenvalue weighted by Gasteiger charge is 2.14. The molecule has 164 valence electrons. The number of benzene rings is 1. The van der Waals surface area contributed by atoms with Gasteiger partial charge in [-0.3, -0.25) is 20.4 Å². The van der Waals surface area contributed by atoms with Gasteiger partial charge in [0.15, 0.2) is 17.1 Å². The lowest BCUT2D eigenvalue weighted by Crippen LogP contribution is -2.41. The van der Waals surface area contributed by atoms with Crippen LogP contribution in [0.3, 0.4) is 0 Å². The zero-order valence-electron chi connectivity index (χ0n) is 18.4. The molecule has 0 saturated heterocycles. The van der Waals surface area contributed by atoms with Gasteiger partial charge < -0.3 is 9.47 Å². The number of aromatic nitrogens is 3. The largest absolute Gasteiger partial charge is 0.493 e. The Balaban J connectivity index is 1.59. The second kappa shape index (κ2) is 9.46. The number of nitrogens with one attached hydrogen (secondary N) is 2. The van der Waals surface area contributed by atoms with E-state index in [0.29, 0.717) is 30.1 Å². The number of methoxy groups -OCH3 is 1. The molecule has 31 heavy (non-hydrogen) atoms. The van der Waals surface area contributed by atoms with Crippen LogP contribution in [0.25, 0.3) is 5.65 Å². The van der Waals surface area contributed by atoms with E-state index in [1.165, 1.54) is 7.11 Å². The van der Waals surface area contributed by atoms with Crippen LogP contribution in [-0.2, 0) is 11.2 Å². The lowest BCUT2D eigenvalue weighted by atomic mass is 10.1. The van der Waals surface area contributed by atoms with Gasteiger partial charge in [0, 0.05) is 29.4 Å². The Hall–Kier alpha value is -3.62. The van der Waals surface area contributed by atoms with Crippen molar-refractivity contribution in [1.29, 1.82) is 0 Å². The lowest BCUT2D eigenvalue weighted by Gasteiger charge is -2.13. The number of nitrogens with zero attached hydrogens (tertiary/aromatic N) is 3. The van der Waals surface area contributed by atoms with E-state index < -0.39 is 5.91 Å². The number of aryl methyl sites for hydroxylation is 3. The molecule has 0 saturated carbocycles. The van der Waals surface area contributed by atoms with Gasteiger partial charge in [0.1, 0.15) is 0 Å². The Morgan fingerprint density at radius 2 is 1.87 bits per heavy atom. The normalized spacial score (nSPS) is 10.7. The molecule has 3 rings (SSSR count). The van der Waals surface area contributed by atoms with Crippen molar-refractivity contribution in [2.24, 2.45) is 0 Å². The van der Waals surface area contributed by atoms with Crippen LogP contribution >= 0.6 is 0 Å². The Morgan fingerprint density at radius 1 is 1.10 bits per heavy atom. The molecule has 2 amide bonds. The summed E-state index contributed by atoms with van der Waals surface area (Å²) in [5, 5.41) is 4.44. The highest BCUT2D eigenvalue weighted by Crippen LogP contribution is 2.27. The molecule has 0 unspecified atom stereocenters. The van der Waals surface area contributed by atoms with Crippen molar-refractivity contribution >= 4 is 17.5 Å². The van der Waals surface area contributed by atoms with Gasteiger partial charge in [-0.25, -0.2) is 9.50 Å². The van der Waals surface area contributed by atoms with Gasteiger partial charge in [0.05, 0.1) is 19.4 Å². The van der Waals surface area contributed by atoms with Crippen LogP contribution < -0.4 is 20.3 Å². The number of hydrogen-bond acceptors (Lipinski definition) is 6. The van der Waals surface area contributed by atoms with Gasteiger partial charge in [-0.05, 0) is 57.9 Å². The molecule has 0 radical (unpaired) electrons. The Bertz CT molecular complexity index is 1120. The molecular formula is C22H27N5O4. The minimum atomic E-state index is -0.447. The molecule has 0 bridgehead atoms. The third-order valence-corrected chi connectivity index (χ3v) is 4.93. The molecule has 0 aliphatic rings. The van der Waals surface area contributed by atoms with Gasteiger partial charge in [-0.15, -0.1) is 0 Å². The van der Waals surface area contributed by atoms with Gasteiger partial charge in [0.25, 0.3) is 5.91 Å². The number of amides is 2. The van der Waals surface area contributed by atoms with Gasteiger partial charge in [-0.2, -0.15) is 5.10 Å². The van der Waals surface area contributed by atoms with E-state index in [-0.39, 0.29) is 12.3 Å². The van der Waals surface area contributed by atoms with Crippen molar-refractivity contribution < 1.29 is 19.1 Å². The van der Waals surface area contributed by atoms with Crippen LogP contribution in [0.4, 0.5) is 0 Å². The van der Waals surface area contributed by atoms with Crippen LogP contribution in [-0.4, -0.2) is 40.1 Å². The highest BCUT2D eigenvalue weighted by atomic mass is 16.5. The van der Waals surface area contributed by atoms with Gasteiger partial charge in [-0.1, -0.05) is 0 Å². The van der Waals surface area contributed by atoms with Crippen molar-refractivity contribution in [3.8, 4) is 11.5 Å². The maximum atomic E-state index is 12.4. The lowest BCUT2D eigenvalue weighted by molar-refractivity contribution is -0.121. The van der Waals surface area contributed by atoms with Crippen molar-refractivity contribution in [1.82, 2.24) is 25.4 Å². The number of fused-ring (bicyclic) bond motifs is 1. The number of hydrogen-bond donors (Lipinski definition) is 2. The Labute approximate surface area is 180 Å². The molecule has 2 aromatic heterocycles. The number of hydrazine groups is 1. The Morgan fingerprint density at radius 3 is 2.58 bits per heavy atom. The van der Waals surface area contributed by atoms with Crippen LogP contribution in [0.2, 0.25) is 0 Å². The monoisotopic (exact) mass is 425 g/mol. The van der Waals surface area contributed by atoms with Crippen molar-refractivity contribution in [2.45, 2.75) is 40.5 Å². The van der Waals surface area contributed by atoms with Crippen molar-refractivity contribution in [3.05, 3.63) is 52.5 Å². The standard InChI is InChI=1S/C22H27N5O4/c1-6-31-18-9-7-16(12-19(18)30-5)22(29)25-24-21(28)10-8-17-14(3)23-20-11-13(2)26-27(20)15(17)4/h7,9,11-12H,6,8,10H2,1-5H3,(H,24,28)(H,25,29). The SMILES string of the molecule is CCOc1ccc(C(=O)NNC(=O)CCc2c(C)nc3cc(C)nn3c2C)cc1OC. The molecule has 0 fully saturated rings. The third-order valence-electron chi connectivity index (χ3n) is 4.93. The first-order valence-electron chi connectivity index (χ1n) is 10.1. The summed E-state index contributed by atoms with van der Waals surface area (Å²) in [6.07, 6.45) is 0.681. The topological polar surface area (TPSA) is 107 Å². The van der Waals surface area contributed by atoms with Crippen LogP contribution in [0.1, 0.15) is 46.3 Å². The van der Waals surface area contributed by atoms with E-state index in [9.17, 15) is 9.59 Å². The van der Waals surface area contributed by atoms with E-state index in [1.54, 1.807) is 22.7 Å². The number of carbonyl (C=O) groups is 2. The van der Waals surface area contributed by atoms with Crippen LogP contribution in [0, 0.1) is 20.8 Å². The summed E-state index contributed by atoms with van der Waals surface area (Å²) in [4.78, 5) is 29.2. The zero-order chi connectivity index (χ0) is 22.5. The minimum absolute atomic E-state index is 0.196. The quantitative estimate of drug-likeness (QED) is 0.563. The predicted octanol–water partition coefficient (Wildman–Crippen LogP) is 2.46. The fraction of sp³-hybridized carbons (Fsp3) is 0.364. The second-order valence-electron chi connectivity index (χ2n) is 7.12. The molecule has 9 heteroatoms. The number of carbonyl (C=O) groups excluding carboxylic acids is 2. The fourth-order valence-electron chi connectivity index (χ4n) is 3.39. The summed E-state index contributed by atoms with van der Waals surface area (Å²) in [5.41, 5.74) is 9.69. The number of rotatable bonds is 7. The summed E-state index contributed by atoms with van der Waals surface area (Å²) in [5.74, 6) is 0.247. The molecule has 0 aliphatic carbocycles. The first kappa shape index (κ1) is 22.1. The van der Waals surface area contributed by atoms with E-state index in [1.807, 2.05) is 33.8 Å². The average Bonchev–Trinajstić information content (AvgIpc) is 3.12. The summed E-state index contributed by atoms with van der Waals surface area (Å²) in [7, 11) is 1.50. The summed E-state index contributed by atoms with van der Waals surface area (Å²) in [6.45, 7) is 8.15. The third kappa shape index (κ3) is 4.93. The predicted molar refractivity (Wildman–Crippen MR) is 115 cm³/mol. The summed E-state index contributed by atoms with van der Waals surface area (Å²) in [6, 6.07) is 6.74. The fourth-order valence-corrected chi connectivity index (χ4v) is 3.39. The van der Waals surface area contributed by atoms with Crippen molar-refractivity contribution in [2.75, 3.05) is 13.7 Å². The number of ether oxygens (including phenoxy) is 2. The molecule has 0 aliphatic heterocycles. The molecule has 2 heterocycles. The highest BCUT2D eigenvalue weighted by molar-refractivity contribution is 5.96. The van der Waals surface area contributed by atoms with Crippen molar-refractivity contribution in [3.63, 3.8) is 0 Å². The molecule has 0 spiro atoms. The smallest absolute Gasteiger partial charge is 0.269 e. The maximum absolute atomic E-state index is 12.4. The van der Waals surface area contributed by atoms with Crippen LogP contribution in [0.15, 0.2) is 24.3 Å². The van der Waals surface area contributed by atoms with Gasteiger partial charge in [0.2, 0.25) is 5.91 Å². The molecular weight excluding hydrogens is 398 g/mol. The van der Waals surface area contributed by atoms with E-state index in [4.69, 9.17) is 9.47 Å². The maximum Gasteiger partial charge on any atom is 0.269 e. The summed E-state index contributed by atoms with van der Waals surface area (Å²) < 4.78 is 12.5. The van der Waals surface area contributed by atoms with E-state index in [0.717, 1.165) is 28.3 Å². The second-order valence-corrected chi connectivity index (χ2v) is 7.12. The first-order valence-corrected chi connectivity index (χ1v) is 10.1. The van der Waals surface area contributed by atoms with Gasteiger partial charge >= 0.3 is 0 Å². The Kier molecular flexibility index (Phi) is 6.74. The first-order chi connectivity index (χ1) is 14.8. The van der Waals surface area contributed by atoms with E-state index >= 15 is 0 Å². The molecule has 2 N–H and O–H groups in total. The van der Waals surface area contributed by atoms with E-state index in [2.05, 4.69) is 20.9 Å². The summed E-state index contributed by atoms with van der Waals surface area (Å²) >= 11 is 0. The zero-order valence-corrected chi connectivity index (χ0v) is 18.4. The average molecular weight is 425 g/mol. The van der Waals surface area contributed by atoms with Crippen LogP contribution in [0.5, 0.6) is 11.5 Å².